The molecule has 27 heavy (non-hydrogen) atoms. The Hall–Kier alpha value is -3.41. The van der Waals surface area contributed by atoms with Crippen molar-refractivity contribution in [2.75, 3.05) is 16.8 Å². The molecule has 0 aromatic heterocycles. The van der Waals surface area contributed by atoms with Gasteiger partial charge in [-0.05, 0) is 36.3 Å². The number of amides is 3. The van der Waals surface area contributed by atoms with Crippen LogP contribution in [0.1, 0.15) is 25.3 Å². The van der Waals surface area contributed by atoms with Crippen LogP contribution >= 0.6 is 0 Å². The zero-order valence-electron chi connectivity index (χ0n) is 15.1. The van der Waals surface area contributed by atoms with Gasteiger partial charge in [-0.15, -0.1) is 0 Å². The molecule has 2 N–H and O–H groups in total. The molecule has 6 nitrogen and oxygen atoms in total. The monoisotopic (exact) mass is 363 g/mol. The summed E-state index contributed by atoms with van der Waals surface area (Å²) in [7, 11) is 0. The van der Waals surface area contributed by atoms with Gasteiger partial charge in [0.2, 0.25) is 11.8 Å². The normalized spacial score (nSPS) is 14.2. The molecule has 3 amide bonds. The molecule has 0 radical (unpaired) electrons. The Labute approximate surface area is 157 Å². The molecule has 2 aromatic carbocycles. The van der Waals surface area contributed by atoms with E-state index >= 15 is 0 Å². The average molecular weight is 363 g/mol. The largest absolute Gasteiger partial charge is 0.322 e. The predicted molar refractivity (Wildman–Crippen MR) is 105 cm³/mol. The highest BCUT2D eigenvalue weighted by Gasteiger charge is 2.22. The minimum absolute atomic E-state index is 0.0846. The van der Waals surface area contributed by atoms with Gasteiger partial charge in [-0.1, -0.05) is 36.4 Å². The van der Waals surface area contributed by atoms with E-state index in [0.29, 0.717) is 18.7 Å². The third kappa shape index (κ3) is 4.82. The van der Waals surface area contributed by atoms with E-state index in [1.54, 1.807) is 29.2 Å². The number of hydrogen-bond donors (Lipinski definition) is 2. The van der Waals surface area contributed by atoms with Gasteiger partial charge in [0, 0.05) is 31.3 Å². The third-order valence-corrected chi connectivity index (χ3v) is 4.16. The van der Waals surface area contributed by atoms with Gasteiger partial charge in [0.15, 0.2) is 0 Å². The fourth-order valence-electron chi connectivity index (χ4n) is 2.94. The predicted octanol–water partition coefficient (Wildman–Crippen LogP) is 2.93. The topological polar surface area (TPSA) is 78.5 Å². The maximum Gasteiger partial charge on any atom is 0.272 e. The number of carbonyl (C=O) groups excluding carboxylic acids is 3. The summed E-state index contributed by atoms with van der Waals surface area (Å²) in [5.41, 5.74) is 2.26. The van der Waals surface area contributed by atoms with E-state index in [2.05, 4.69) is 10.6 Å². The Morgan fingerprint density at radius 2 is 1.85 bits per heavy atom. The van der Waals surface area contributed by atoms with Crippen molar-refractivity contribution in [3.05, 3.63) is 65.9 Å². The molecule has 0 saturated carbocycles. The lowest BCUT2D eigenvalue weighted by Crippen LogP contribution is -2.29. The first-order valence-electron chi connectivity index (χ1n) is 8.79. The summed E-state index contributed by atoms with van der Waals surface area (Å²) < 4.78 is 0. The maximum absolute atomic E-state index is 12.7. The molecule has 2 aromatic rings. The van der Waals surface area contributed by atoms with Crippen LogP contribution in [0.3, 0.4) is 0 Å². The van der Waals surface area contributed by atoms with Crippen LogP contribution in [-0.4, -0.2) is 24.3 Å². The van der Waals surface area contributed by atoms with E-state index in [0.717, 1.165) is 17.7 Å². The first-order valence-corrected chi connectivity index (χ1v) is 8.79. The molecule has 0 aliphatic carbocycles. The molecular formula is C21H21N3O3. The van der Waals surface area contributed by atoms with Gasteiger partial charge in [0.05, 0.1) is 0 Å². The Balaban J connectivity index is 1.80. The molecule has 1 heterocycles. The van der Waals surface area contributed by atoms with Crippen LogP contribution in [0.25, 0.3) is 6.08 Å². The van der Waals surface area contributed by atoms with Crippen LogP contribution in [0, 0.1) is 0 Å². The number of carbonyl (C=O) groups is 3. The number of benzene rings is 2. The van der Waals surface area contributed by atoms with Gasteiger partial charge in [0.25, 0.3) is 5.91 Å². The summed E-state index contributed by atoms with van der Waals surface area (Å²) >= 11 is 0. The molecule has 0 bridgehead atoms. The standard InChI is InChI=1S/C21H21N3O3/c1-15(25)22-19(13-16-7-3-2-4-8-16)21(27)23-17-9-5-10-18(14-17)24-12-6-11-20(24)26/h2-5,7-10,13-14H,6,11-12H2,1H3,(H,22,25)(H,23,27)/b19-13-. The lowest BCUT2D eigenvalue weighted by Gasteiger charge is -2.17. The Morgan fingerprint density at radius 1 is 1.07 bits per heavy atom. The van der Waals surface area contributed by atoms with Crippen molar-refractivity contribution in [1.82, 2.24) is 5.32 Å². The van der Waals surface area contributed by atoms with Gasteiger partial charge in [-0.25, -0.2) is 0 Å². The summed E-state index contributed by atoms with van der Waals surface area (Å²) in [6, 6.07) is 16.4. The summed E-state index contributed by atoms with van der Waals surface area (Å²) in [6.45, 7) is 2.03. The van der Waals surface area contributed by atoms with E-state index in [-0.39, 0.29) is 17.5 Å². The first-order chi connectivity index (χ1) is 13.0. The van der Waals surface area contributed by atoms with E-state index in [1.165, 1.54) is 6.92 Å². The molecule has 138 valence electrons. The second-order valence-electron chi connectivity index (χ2n) is 6.30. The van der Waals surface area contributed by atoms with Crippen LogP contribution in [0.4, 0.5) is 11.4 Å². The first kappa shape index (κ1) is 18.4. The SMILES string of the molecule is CC(=O)N/C(=C\c1ccccc1)C(=O)Nc1cccc(N2CCCC2=O)c1. The lowest BCUT2D eigenvalue weighted by atomic mass is 10.2. The van der Waals surface area contributed by atoms with Crippen LogP contribution in [0.15, 0.2) is 60.3 Å². The molecule has 1 saturated heterocycles. The molecule has 0 atom stereocenters. The van der Waals surface area contributed by atoms with Gasteiger partial charge in [0.1, 0.15) is 5.70 Å². The summed E-state index contributed by atoms with van der Waals surface area (Å²) in [6.07, 6.45) is 3.00. The van der Waals surface area contributed by atoms with E-state index in [4.69, 9.17) is 0 Å². The second-order valence-corrected chi connectivity index (χ2v) is 6.30. The van der Waals surface area contributed by atoms with Crippen molar-refractivity contribution in [2.45, 2.75) is 19.8 Å². The highest BCUT2D eigenvalue weighted by atomic mass is 16.2. The Kier molecular flexibility index (Phi) is 5.66. The quantitative estimate of drug-likeness (QED) is 0.802. The average Bonchev–Trinajstić information content (AvgIpc) is 3.08. The molecular weight excluding hydrogens is 342 g/mol. The molecule has 1 aliphatic rings. The van der Waals surface area contributed by atoms with Crippen molar-refractivity contribution < 1.29 is 14.4 Å². The zero-order chi connectivity index (χ0) is 19.2. The molecule has 1 aliphatic heterocycles. The summed E-state index contributed by atoms with van der Waals surface area (Å²) in [5.74, 6) is -0.677. The smallest absolute Gasteiger partial charge is 0.272 e. The van der Waals surface area contributed by atoms with Gasteiger partial charge >= 0.3 is 0 Å². The highest BCUT2D eigenvalue weighted by molar-refractivity contribution is 6.08. The van der Waals surface area contributed by atoms with Crippen molar-refractivity contribution >= 4 is 35.2 Å². The fourth-order valence-corrected chi connectivity index (χ4v) is 2.94. The lowest BCUT2D eigenvalue weighted by molar-refractivity contribution is -0.120. The molecule has 3 rings (SSSR count). The van der Waals surface area contributed by atoms with Crippen LogP contribution < -0.4 is 15.5 Å². The van der Waals surface area contributed by atoms with E-state index in [9.17, 15) is 14.4 Å². The highest BCUT2D eigenvalue weighted by Crippen LogP contribution is 2.24. The van der Waals surface area contributed by atoms with E-state index < -0.39 is 5.91 Å². The van der Waals surface area contributed by atoms with Crippen molar-refractivity contribution in [3.63, 3.8) is 0 Å². The van der Waals surface area contributed by atoms with Crippen molar-refractivity contribution in [3.8, 4) is 0 Å². The Bertz CT molecular complexity index is 891. The fraction of sp³-hybridized carbons (Fsp3) is 0.190. The number of anilines is 2. The summed E-state index contributed by atoms with van der Waals surface area (Å²) in [5, 5.41) is 5.36. The van der Waals surface area contributed by atoms with Crippen molar-refractivity contribution in [2.24, 2.45) is 0 Å². The van der Waals surface area contributed by atoms with Gasteiger partial charge in [-0.2, -0.15) is 0 Å². The van der Waals surface area contributed by atoms with Crippen LogP contribution in [0.2, 0.25) is 0 Å². The minimum atomic E-state index is -0.432. The number of hydrogen-bond acceptors (Lipinski definition) is 3. The maximum atomic E-state index is 12.7. The second kappa shape index (κ2) is 8.31. The summed E-state index contributed by atoms with van der Waals surface area (Å²) in [4.78, 5) is 37.8. The zero-order valence-corrected chi connectivity index (χ0v) is 15.1. The number of rotatable bonds is 5. The number of nitrogens with one attached hydrogen (secondary N) is 2. The molecule has 1 fully saturated rings. The third-order valence-electron chi connectivity index (χ3n) is 4.16. The molecule has 6 heteroatoms. The van der Waals surface area contributed by atoms with Gasteiger partial charge in [-0.3, -0.25) is 14.4 Å². The minimum Gasteiger partial charge on any atom is -0.322 e. The molecule has 0 unspecified atom stereocenters. The number of nitrogens with zero attached hydrogens (tertiary/aromatic N) is 1. The van der Waals surface area contributed by atoms with Crippen LogP contribution in [0.5, 0.6) is 0 Å². The van der Waals surface area contributed by atoms with Crippen molar-refractivity contribution in [1.29, 1.82) is 0 Å². The van der Waals surface area contributed by atoms with Gasteiger partial charge < -0.3 is 15.5 Å². The van der Waals surface area contributed by atoms with E-state index in [1.807, 2.05) is 36.4 Å². The van der Waals surface area contributed by atoms with Crippen LogP contribution in [-0.2, 0) is 14.4 Å². The molecule has 0 spiro atoms. The Morgan fingerprint density at radius 3 is 2.52 bits per heavy atom.